The Hall–Kier alpha value is -3.66. The summed E-state index contributed by atoms with van der Waals surface area (Å²) in [6.45, 7) is 0. The van der Waals surface area contributed by atoms with E-state index in [4.69, 9.17) is 9.47 Å². The third kappa shape index (κ3) is 2.89. The van der Waals surface area contributed by atoms with E-state index < -0.39 is 0 Å². The van der Waals surface area contributed by atoms with Gasteiger partial charge in [0.15, 0.2) is 11.6 Å². The molecule has 0 saturated heterocycles. The van der Waals surface area contributed by atoms with Crippen LogP contribution in [0.25, 0.3) is 11.1 Å². The van der Waals surface area contributed by atoms with E-state index >= 15 is 0 Å². The summed E-state index contributed by atoms with van der Waals surface area (Å²) >= 11 is 0. The third-order valence-electron chi connectivity index (χ3n) is 4.88. The summed E-state index contributed by atoms with van der Waals surface area (Å²) in [7, 11) is 3.16. The van der Waals surface area contributed by atoms with E-state index in [2.05, 4.69) is 0 Å². The number of benzene rings is 3. The predicted molar refractivity (Wildman–Crippen MR) is 108 cm³/mol. The molecule has 3 aromatic rings. The molecule has 0 atom stereocenters. The van der Waals surface area contributed by atoms with Gasteiger partial charge in [0.25, 0.3) is 0 Å². The van der Waals surface area contributed by atoms with Crippen molar-refractivity contribution in [2.24, 2.45) is 0 Å². The van der Waals surface area contributed by atoms with E-state index in [1.165, 1.54) is 0 Å². The molecule has 0 bridgehead atoms. The Balaban J connectivity index is 1.89. The Morgan fingerprint density at radius 3 is 1.82 bits per heavy atom. The minimum Gasteiger partial charge on any atom is -0.497 e. The van der Waals surface area contributed by atoms with Crippen molar-refractivity contribution in [1.29, 1.82) is 0 Å². The molecule has 0 spiro atoms. The molecule has 0 aromatic heterocycles. The van der Waals surface area contributed by atoms with Gasteiger partial charge in [0.1, 0.15) is 11.5 Å². The lowest BCUT2D eigenvalue weighted by Gasteiger charge is -2.09. The van der Waals surface area contributed by atoms with E-state index in [-0.39, 0.29) is 11.6 Å². The van der Waals surface area contributed by atoms with Gasteiger partial charge in [-0.25, -0.2) is 0 Å². The first-order chi connectivity index (χ1) is 13.6. The van der Waals surface area contributed by atoms with E-state index in [1.54, 1.807) is 68.8 Å². The van der Waals surface area contributed by atoms with Crippen molar-refractivity contribution in [3.63, 3.8) is 0 Å². The summed E-state index contributed by atoms with van der Waals surface area (Å²) in [5.41, 5.74) is 3.26. The first-order valence-corrected chi connectivity index (χ1v) is 8.85. The van der Waals surface area contributed by atoms with Gasteiger partial charge in [-0.3, -0.25) is 9.59 Å². The largest absolute Gasteiger partial charge is 0.497 e. The lowest BCUT2D eigenvalue weighted by molar-refractivity contribution is 0.104. The lowest BCUT2D eigenvalue weighted by atomic mass is 9.93. The quantitative estimate of drug-likeness (QED) is 0.611. The zero-order valence-corrected chi connectivity index (χ0v) is 15.6. The summed E-state index contributed by atoms with van der Waals surface area (Å²) in [4.78, 5) is 26.5. The van der Waals surface area contributed by atoms with Crippen LogP contribution in [0, 0.1) is 0 Å². The third-order valence-corrected chi connectivity index (χ3v) is 4.88. The summed E-state index contributed by atoms with van der Waals surface area (Å²) in [6, 6.07) is 21.3. The minimum atomic E-state index is -0.188. The van der Waals surface area contributed by atoms with E-state index in [9.17, 15) is 9.59 Å². The smallest absolute Gasteiger partial charge is 0.195 e. The van der Waals surface area contributed by atoms with Crippen LogP contribution in [0.1, 0.15) is 31.8 Å². The SMILES string of the molecule is COc1ccc(C(=O)C2=C(c3ccc(OC)cc3)C(=O)c3ccccc32)cc1. The van der Waals surface area contributed by atoms with E-state index in [0.717, 1.165) is 0 Å². The van der Waals surface area contributed by atoms with Crippen molar-refractivity contribution in [2.45, 2.75) is 0 Å². The van der Waals surface area contributed by atoms with Crippen LogP contribution in [0.2, 0.25) is 0 Å². The molecule has 0 amide bonds. The number of ketones is 2. The second kappa shape index (κ2) is 7.16. The molecule has 4 heteroatoms. The molecule has 0 heterocycles. The van der Waals surface area contributed by atoms with Crippen molar-refractivity contribution < 1.29 is 19.1 Å². The highest BCUT2D eigenvalue weighted by Gasteiger charge is 2.34. The van der Waals surface area contributed by atoms with Gasteiger partial charge < -0.3 is 9.47 Å². The highest BCUT2D eigenvalue weighted by molar-refractivity contribution is 6.51. The van der Waals surface area contributed by atoms with Crippen LogP contribution in [0.3, 0.4) is 0 Å². The van der Waals surface area contributed by atoms with Crippen LogP contribution in [0.4, 0.5) is 0 Å². The number of carbonyl (C=O) groups is 2. The molecular formula is C24H18O4. The molecule has 0 N–H and O–H groups in total. The minimum absolute atomic E-state index is 0.141. The Labute approximate surface area is 163 Å². The number of carbonyl (C=O) groups excluding carboxylic acids is 2. The van der Waals surface area contributed by atoms with Gasteiger partial charge in [0.05, 0.1) is 14.2 Å². The first-order valence-electron chi connectivity index (χ1n) is 8.85. The van der Waals surface area contributed by atoms with Gasteiger partial charge in [-0.05, 0) is 47.5 Å². The normalized spacial score (nSPS) is 12.7. The maximum atomic E-state index is 13.4. The Morgan fingerprint density at radius 1 is 0.714 bits per heavy atom. The summed E-state index contributed by atoms with van der Waals surface area (Å²) < 4.78 is 10.4. The van der Waals surface area contributed by atoms with Gasteiger partial charge >= 0.3 is 0 Å². The number of methoxy groups -OCH3 is 2. The van der Waals surface area contributed by atoms with Crippen LogP contribution in [0.15, 0.2) is 72.8 Å². The molecule has 1 aliphatic carbocycles. The molecule has 138 valence electrons. The highest BCUT2D eigenvalue weighted by atomic mass is 16.5. The van der Waals surface area contributed by atoms with Gasteiger partial charge in [0, 0.05) is 22.3 Å². The molecule has 0 aliphatic heterocycles. The number of rotatable bonds is 5. The van der Waals surface area contributed by atoms with Gasteiger partial charge in [-0.2, -0.15) is 0 Å². The Bertz CT molecular complexity index is 1090. The fourth-order valence-corrected chi connectivity index (χ4v) is 3.44. The Morgan fingerprint density at radius 2 is 1.25 bits per heavy atom. The van der Waals surface area contributed by atoms with Crippen LogP contribution >= 0.6 is 0 Å². The second-order valence-electron chi connectivity index (χ2n) is 6.41. The zero-order valence-electron chi connectivity index (χ0n) is 15.6. The molecule has 0 unspecified atom stereocenters. The van der Waals surface area contributed by atoms with E-state index in [1.807, 2.05) is 18.2 Å². The van der Waals surface area contributed by atoms with Crippen molar-refractivity contribution >= 4 is 22.7 Å². The van der Waals surface area contributed by atoms with Gasteiger partial charge in [0.2, 0.25) is 0 Å². The number of ether oxygens (including phenoxy) is 2. The van der Waals surface area contributed by atoms with Crippen molar-refractivity contribution in [1.82, 2.24) is 0 Å². The molecule has 28 heavy (non-hydrogen) atoms. The molecule has 4 nitrogen and oxygen atoms in total. The predicted octanol–water partition coefficient (Wildman–Crippen LogP) is 4.69. The van der Waals surface area contributed by atoms with Crippen LogP contribution in [0.5, 0.6) is 11.5 Å². The molecule has 1 aliphatic rings. The summed E-state index contributed by atoms with van der Waals surface area (Å²) in [5, 5.41) is 0. The fraction of sp³-hybridized carbons (Fsp3) is 0.0833. The summed E-state index contributed by atoms with van der Waals surface area (Å²) in [5.74, 6) is 1.03. The van der Waals surface area contributed by atoms with Gasteiger partial charge in [-0.1, -0.05) is 36.4 Å². The topological polar surface area (TPSA) is 52.6 Å². The molecule has 4 rings (SSSR count). The number of fused-ring (bicyclic) bond motifs is 1. The molecule has 3 aromatic carbocycles. The molecule has 0 fully saturated rings. The zero-order chi connectivity index (χ0) is 19.7. The van der Waals surface area contributed by atoms with Gasteiger partial charge in [-0.15, -0.1) is 0 Å². The van der Waals surface area contributed by atoms with Crippen LogP contribution in [-0.4, -0.2) is 25.8 Å². The summed E-state index contributed by atoms with van der Waals surface area (Å²) in [6.07, 6.45) is 0. The van der Waals surface area contributed by atoms with E-state index in [0.29, 0.717) is 44.9 Å². The molecular weight excluding hydrogens is 352 g/mol. The van der Waals surface area contributed by atoms with Crippen molar-refractivity contribution in [3.8, 4) is 11.5 Å². The molecule has 0 radical (unpaired) electrons. The fourth-order valence-electron chi connectivity index (χ4n) is 3.44. The van der Waals surface area contributed by atoms with Crippen molar-refractivity contribution in [3.05, 3.63) is 95.1 Å². The number of allylic oxidation sites excluding steroid dienone is 2. The second-order valence-corrected chi connectivity index (χ2v) is 6.41. The Kier molecular flexibility index (Phi) is 4.53. The van der Waals surface area contributed by atoms with Crippen LogP contribution in [-0.2, 0) is 0 Å². The monoisotopic (exact) mass is 370 g/mol. The highest BCUT2D eigenvalue weighted by Crippen LogP contribution is 2.40. The maximum Gasteiger partial charge on any atom is 0.195 e. The van der Waals surface area contributed by atoms with Crippen LogP contribution < -0.4 is 9.47 Å². The average molecular weight is 370 g/mol. The molecule has 0 saturated carbocycles. The first kappa shape index (κ1) is 17.7. The standard InChI is InChI=1S/C24H18O4/c1-27-17-11-7-15(8-12-17)21-22(19-5-3-4-6-20(19)24(21)26)23(25)16-9-13-18(28-2)14-10-16/h3-14H,1-2H3. The average Bonchev–Trinajstić information content (AvgIpc) is 3.06. The number of Topliss-reactive ketones (excluding diaryl/α,β-unsaturated/α-hetero) is 2. The number of hydrogen-bond donors (Lipinski definition) is 0. The maximum absolute atomic E-state index is 13.4. The van der Waals surface area contributed by atoms with Crippen molar-refractivity contribution in [2.75, 3.05) is 14.2 Å². The lowest BCUT2D eigenvalue weighted by Crippen LogP contribution is -2.04. The number of hydrogen-bond acceptors (Lipinski definition) is 4.